The van der Waals surface area contributed by atoms with Crippen LogP contribution in [0.4, 0.5) is 0 Å². The highest BCUT2D eigenvalue weighted by atomic mass is 35.5. The van der Waals surface area contributed by atoms with Crippen LogP contribution in [0.25, 0.3) is 10.9 Å². The van der Waals surface area contributed by atoms with Crippen molar-refractivity contribution in [3.05, 3.63) is 82.5 Å². The average Bonchev–Trinajstić information content (AvgIpc) is 3.30. The molecule has 3 heterocycles. The van der Waals surface area contributed by atoms with Gasteiger partial charge in [0.1, 0.15) is 5.82 Å². The summed E-state index contributed by atoms with van der Waals surface area (Å²) in [4.78, 5) is 16.5. The van der Waals surface area contributed by atoms with Gasteiger partial charge in [0.05, 0.1) is 16.6 Å². The Balaban J connectivity index is 1.52. The van der Waals surface area contributed by atoms with Crippen LogP contribution in [-0.2, 0) is 19.4 Å². The minimum absolute atomic E-state index is 0.207. The van der Waals surface area contributed by atoms with Gasteiger partial charge in [-0.05, 0) is 36.6 Å². The summed E-state index contributed by atoms with van der Waals surface area (Å²) in [7, 11) is 0. The summed E-state index contributed by atoms with van der Waals surface area (Å²) in [6.45, 7) is 0.879. The van der Waals surface area contributed by atoms with E-state index in [2.05, 4.69) is 37.2 Å². The number of rotatable bonds is 5. The molecule has 4 aromatic rings. The normalized spacial score (nSPS) is 14.7. The number of benzene rings is 2. The summed E-state index contributed by atoms with van der Waals surface area (Å²) < 4.78 is 2.19. The second-order valence-electron chi connectivity index (χ2n) is 8.01. The maximum absolute atomic E-state index is 13.1. The van der Waals surface area contributed by atoms with Crippen molar-refractivity contribution in [2.45, 2.75) is 44.7 Å². The Morgan fingerprint density at radius 3 is 2.84 bits per heavy atom. The average molecular weight is 434 g/mol. The number of halogens is 1. The standard InChI is InChI=1S/C24H24ClN5O/c25-19-10-5-3-9-18(19)24(31)27-21(14-16-15-26-20-11-6-4-8-17(16)20)23-29-28-22-12-2-1-7-13-30(22)23/h3-6,8-11,15,21,26H,1-2,7,12-14H2,(H,27,31)/t21-/m1/s1. The second-order valence-corrected chi connectivity index (χ2v) is 8.41. The monoisotopic (exact) mass is 433 g/mol. The van der Waals surface area contributed by atoms with Gasteiger partial charge in [-0.1, -0.05) is 48.4 Å². The van der Waals surface area contributed by atoms with Crippen molar-refractivity contribution in [1.29, 1.82) is 0 Å². The molecule has 6 nitrogen and oxygen atoms in total. The summed E-state index contributed by atoms with van der Waals surface area (Å²) in [6.07, 6.45) is 6.94. The summed E-state index contributed by atoms with van der Waals surface area (Å²) in [5, 5.41) is 13.8. The molecule has 0 aliphatic carbocycles. The molecule has 158 valence electrons. The van der Waals surface area contributed by atoms with Crippen LogP contribution in [0.15, 0.2) is 54.7 Å². The third kappa shape index (κ3) is 3.95. The van der Waals surface area contributed by atoms with Gasteiger partial charge in [-0.25, -0.2) is 0 Å². The van der Waals surface area contributed by atoms with Crippen molar-refractivity contribution in [1.82, 2.24) is 25.1 Å². The maximum atomic E-state index is 13.1. The van der Waals surface area contributed by atoms with Crippen LogP contribution in [0.1, 0.15) is 52.9 Å². The maximum Gasteiger partial charge on any atom is 0.253 e. The van der Waals surface area contributed by atoms with Gasteiger partial charge in [-0.3, -0.25) is 4.79 Å². The number of hydrogen-bond donors (Lipinski definition) is 2. The fourth-order valence-corrected chi connectivity index (χ4v) is 4.60. The number of amides is 1. The van der Waals surface area contributed by atoms with Gasteiger partial charge in [0.25, 0.3) is 5.91 Å². The topological polar surface area (TPSA) is 75.6 Å². The quantitative estimate of drug-likeness (QED) is 0.472. The first-order valence-corrected chi connectivity index (χ1v) is 11.1. The molecule has 5 rings (SSSR count). The van der Waals surface area contributed by atoms with Crippen LogP contribution >= 0.6 is 11.6 Å². The molecule has 7 heteroatoms. The van der Waals surface area contributed by atoms with E-state index in [0.29, 0.717) is 17.0 Å². The minimum atomic E-state index is -0.317. The number of carbonyl (C=O) groups is 1. The smallest absolute Gasteiger partial charge is 0.253 e. The SMILES string of the molecule is O=C(N[C@H](Cc1c[nH]c2ccccc12)c1nnc2n1CCCCC2)c1ccccc1Cl. The van der Waals surface area contributed by atoms with Gasteiger partial charge in [0.15, 0.2) is 5.82 Å². The number of hydrogen-bond acceptors (Lipinski definition) is 3. The zero-order valence-electron chi connectivity index (χ0n) is 17.1. The van der Waals surface area contributed by atoms with E-state index in [-0.39, 0.29) is 11.9 Å². The summed E-state index contributed by atoms with van der Waals surface area (Å²) in [6, 6.07) is 15.0. The van der Waals surface area contributed by atoms with Gasteiger partial charge in [0, 0.05) is 36.5 Å². The number of nitrogens with zero attached hydrogens (tertiary/aromatic N) is 3. The van der Waals surface area contributed by atoms with E-state index in [0.717, 1.165) is 53.9 Å². The molecule has 0 unspecified atom stereocenters. The van der Waals surface area contributed by atoms with Crippen molar-refractivity contribution in [3.63, 3.8) is 0 Å². The van der Waals surface area contributed by atoms with E-state index in [9.17, 15) is 4.79 Å². The van der Waals surface area contributed by atoms with Crippen molar-refractivity contribution >= 4 is 28.4 Å². The molecule has 2 aromatic carbocycles. The lowest BCUT2D eigenvalue weighted by Crippen LogP contribution is -2.32. The highest BCUT2D eigenvalue weighted by Gasteiger charge is 2.26. The highest BCUT2D eigenvalue weighted by Crippen LogP contribution is 2.27. The minimum Gasteiger partial charge on any atom is -0.361 e. The van der Waals surface area contributed by atoms with Crippen molar-refractivity contribution < 1.29 is 4.79 Å². The van der Waals surface area contributed by atoms with Crippen LogP contribution in [-0.4, -0.2) is 25.7 Å². The van der Waals surface area contributed by atoms with Gasteiger partial charge in [-0.15, -0.1) is 10.2 Å². The lowest BCUT2D eigenvalue weighted by molar-refractivity contribution is 0.0934. The number of aryl methyl sites for hydroxylation is 1. The Morgan fingerprint density at radius 1 is 1.10 bits per heavy atom. The molecule has 2 N–H and O–H groups in total. The molecule has 1 atom stereocenters. The van der Waals surface area contributed by atoms with Gasteiger partial charge in [0.2, 0.25) is 0 Å². The Labute approximate surface area is 185 Å². The van der Waals surface area contributed by atoms with Gasteiger partial charge >= 0.3 is 0 Å². The third-order valence-electron chi connectivity index (χ3n) is 5.97. The molecule has 0 radical (unpaired) electrons. The van der Waals surface area contributed by atoms with E-state index in [1.54, 1.807) is 12.1 Å². The zero-order valence-corrected chi connectivity index (χ0v) is 17.9. The molecule has 1 aliphatic rings. The number of fused-ring (bicyclic) bond motifs is 2. The lowest BCUT2D eigenvalue weighted by Gasteiger charge is -2.20. The second kappa shape index (κ2) is 8.55. The molecule has 0 spiro atoms. The molecule has 31 heavy (non-hydrogen) atoms. The molecular formula is C24H24ClN5O. The summed E-state index contributed by atoms with van der Waals surface area (Å²) >= 11 is 6.29. The molecule has 0 saturated carbocycles. The molecule has 0 fully saturated rings. The fourth-order valence-electron chi connectivity index (χ4n) is 4.37. The van der Waals surface area contributed by atoms with Crippen LogP contribution in [0.3, 0.4) is 0 Å². The van der Waals surface area contributed by atoms with Crippen LogP contribution < -0.4 is 5.32 Å². The molecular weight excluding hydrogens is 410 g/mol. The largest absolute Gasteiger partial charge is 0.361 e. The highest BCUT2D eigenvalue weighted by molar-refractivity contribution is 6.33. The molecule has 0 saturated heterocycles. The summed E-state index contributed by atoms with van der Waals surface area (Å²) in [5.41, 5.74) is 2.67. The predicted molar refractivity (Wildman–Crippen MR) is 121 cm³/mol. The Kier molecular flexibility index (Phi) is 5.47. The van der Waals surface area contributed by atoms with E-state index < -0.39 is 0 Å². The number of carbonyl (C=O) groups excluding carboxylic acids is 1. The van der Waals surface area contributed by atoms with Crippen molar-refractivity contribution in [2.24, 2.45) is 0 Å². The van der Waals surface area contributed by atoms with E-state index in [1.165, 1.54) is 6.42 Å². The van der Waals surface area contributed by atoms with Crippen LogP contribution in [0.5, 0.6) is 0 Å². The first kappa shape index (κ1) is 19.8. The summed E-state index contributed by atoms with van der Waals surface area (Å²) in [5.74, 6) is 1.60. The Bertz CT molecular complexity index is 1230. The number of nitrogens with one attached hydrogen (secondary N) is 2. The first-order valence-electron chi connectivity index (χ1n) is 10.7. The third-order valence-corrected chi connectivity index (χ3v) is 6.30. The lowest BCUT2D eigenvalue weighted by atomic mass is 10.0. The van der Waals surface area contributed by atoms with Crippen LogP contribution in [0, 0.1) is 0 Å². The van der Waals surface area contributed by atoms with Gasteiger partial charge in [-0.2, -0.15) is 0 Å². The van der Waals surface area contributed by atoms with E-state index in [1.807, 2.05) is 30.5 Å². The number of H-pyrrole nitrogens is 1. The van der Waals surface area contributed by atoms with Crippen molar-refractivity contribution in [3.8, 4) is 0 Å². The predicted octanol–water partition coefficient (Wildman–Crippen LogP) is 4.85. The van der Waals surface area contributed by atoms with E-state index in [4.69, 9.17) is 11.6 Å². The molecule has 1 amide bonds. The zero-order chi connectivity index (χ0) is 21.2. The molecule has 1 aliphatic heterocycles. The number of aromatic amines is 1. The molecule has 2 aromatic heterocycles. The van der Waals surface area contributed by atoms with Crippen molar-refractivity contribution in [2.75, 3.05) is 0 Å². The van der Waals surface area contributed by atoms with E-state index >= 15 is 0 Å². The van der Waals surface area contributed by atoms with Gasteiger partial charge < -0.3 is 14.9 Å². The Morgan fingerprint density at radius 2 is 1.94 bits per heavy atom. The number of aromatic nitrogens is 4. The first-order chi connectivity index (χ1) is 15.2. The Hall–Kier alpha value is -3.12. The fraction of sp³-hybridized carbons (Fsp3) is 0.292. The van der Waals surface area contributed by atoms with Crippen LogP contribution in [0.2, 0.25) is 5.02 Å². The molecule has 0 bridgehead atoms. The number of para-hydroxylation sites is 1.